The van der Waals surface area contributed by atoms with Gasteiger partial charge in [0.05, 0.1) is 24.4 Å². The Bertz CT molecular complexity index is 1050. The number of alkyl halides is 3. The van der Waals surface area contributed by atoms with Crippen LogP contribution in [0.2, 0.25) is 0 Å². The molecule has 0 saturated heterocycles. The molecule has 1 heterocycles. The van der Waals surface area contributed by atoms with Gasteiger partial charge in [0, 0.05) is 18.7 Å². The number of urea groups is 1. The lowest BCUT2D eigenvalue weighted by atomic mass is 10.1. The van der Waals surface area contributed by atoms with Crippen molar-refractivity contribution in [3.05, 3.63) is 89.9 Å². The van der Waals surface area contributed by atoms with Gasteiger partial charge in [-0.1, -0.05) is 36.4 Å². The monoisotopic (exact) mass is 459 g/mol. The summed E-state index contributed by atoms with van der Waals surface area (Å²) >= 11 is 0. The summed E-state index contributed by atoms with van der Waals surface area (Å²) in [4.78, 5) is 26.6. The van der Waals surface area contributed by atoms with Gasteiger partial charge in [0.25, 0.3) is 0 Å². The van der Waals surface area contributed by atoms with E-state index in [0.29, 0.717) is 5.76 Å². The zero-order valence-corrected chi connectivity index (χ0v) is 17.9. The summed E-state index contributed by atoms with van der Waals surface area (Å²) in [7, 11) is 0. The van der Waals surface area contributed by atoms with Crippen molar-refractivity contribution in [2.45, 2.75) is 32.1 Å². The lowest BCUT2D eigenvalue weighted by molar-refractivity contribution is -0.137. The van der Waals surface area contributed by atoms with E-state index in [1.54, 1.807) is 12.1 Å². The van der Waals surface area contributed by atoms with Crippen LogP contribution in [0.25, 0.3) is 0 Å². The molecule has 0 aliphatic carbocycles. The molecule has 0 fully saturated rings. The largest absolute Gasteiger partial charge is 0.467 e. The molecule has 6 nitrogen and oxygen atoms in total. The van der Waals surface area contributed by atoms with Gasteiger partial charge < -0.3 is 20.0 Å². The van der Waals surface area contributed by atoms with Crippen LogP contribution in [0.5, 0.6) is 0 Å². The summed E-state index contributed by atoms with van der Waals surface area (Å²) in [5.41, 5.74) is 0.0779. The number of halogens is 3. The van der Waals surface area contributed by atoms with Gasteiger partial charge in [0.2, 0.25) is 5.91 Å². The molecule has 1 unspecified atom stereocenters. The molecule has 33 heavy (non-hydrogen) atoms. The Morgan fingerprint density at radius 2 is 1.79 bits per heavy atom. The second-order valence-electron chi connectivity index (χ2n) is 7.46. The van der Waals surface area contributed by atoms with E-state index in [1.165, 1.54) is 23.3 Å². The van der Waals surface area contributed by atoms with Crippen LogP contribution in [-0.2, 0) is 17.5 Å². The summed E-state index contributed by atoms with van der Waals surface area (Å²) in [6, 6.07) is 16.3. The third-order valence-corrected chi connectivity index (χ3v) is 4.94. The van der Waals surface area contributed by atoms with Crippen molar-refractivity contribution in [2.75, 3.05) is 11.9 Å². The number of hydrogen-bond acceptors (Lipinski definition) is 3. The van der Waals surface area contributed by atoms with Gasteiger partial charge in [-0.25, -0.2) is 4.79 Å². The molecule has 174 valence electrons. The molecule has 0 radical (unpaired) electrons. The second-order valence-corrected chi connectivity index (χ2v) is 7.46. The van der Waals surface area contributed by atoms with Crippen molar-refractivity contribution < 1.29 is 27.2 Å². The van der Waals surface area contributed by atoms with E-state index in [-0.39, 0.29) is 37.1 Å². The summed E-state index contributed by atoms with van der Waals surface area (Å²) in [6.45, 7) is 1.95. The lowest BCUT2D eigenvalue weighted by Crippen LogP contribution is -2.38. The normalized spacial score (nSPS) is 12.1. The van der Waals surface area contributed by atoms with Gasteiger partial charge >= 0.3 is 12.2 Å². The lowest BCUT2D eigenvalue weighted by Gasteiger charge is -2.23. The average Bonchev–Trinajstić information content (AvgIpc) is 3.30. The van der Waals surface area contributed by atoms with Gasteiger partial charge in [-0.15, -0.1) is 0 Å². The number of amides is 3. The first kappa shape index (κ1) is 23.9. The predicted octanol–water partition coefficient (Wildman–Crippen LogP) is 5.60. The average molecular weight is 459 g/mol. The van der Waals surface area contributed by atoms with Crippen molar-refractivity contribution in [3.63, 3.8) is 0 Å². The van der Waals surface area contributed by atoms with Crippen LogP contribution in [0.1, 0.15) is 36.3 Å². The molecule has 2 N–H and O–H groups in total. The van der Waals surface area contributed by atoms with Crippen molar-refractivity contribution in [1.82, 2.24) is 10.2 Å². The number of nitrogens with zero attached hydrogens (tertiary/aromatic N) is 1. The fourth-order valence-electron chi connectivity index (χ4n) is 3.19. The van der Waals surface area contributed by atoms with Crippen LogP contribution in [0.4, 0.5) is 23.7 Å². The summed E-state index contributed by atoms with van der Waals surface area (Å²) in [5, 5.41) is 5.35. The fourth-order valence-corrected chi connectivity index (χ4v) is 3.19. The molecule has 1 aromatic heterocycles. The Morgan fingerprint density at radius 3 is 2.45 bits per heavy atom. The zero-order valence-electron chi connectivity index (χ0n) is 17.9. The van der Waals surface area contributed by atoms with Gasteiger partial charge in [-0.05, 0) is 42.8 Å². The SMILES string of the molecule is CC(NC(=O)CCN(Cc1ccco1)C(=O)Nc1cccc(C(F)(F)F)c1)c1ccccc1. The molecule has 0 saturated carbocycles. The number of nitrogens with one attached hydrogen (secondary N) is 2. The number of carbonyl (C=O) groups excluding carboxylic acids is 2. The Labute approximate surface area is 189 Å². The molecule has 0 aliphatic heterocycles. The highest BCUT2D eigenvalue weighted by molar-refractivity contribution is 5.89. The number of furan rings is 1. The molecule has 2 aromatic carbocycles. The van der Waals surface area contributed by atoms with Crippen molar-refractivity contribution in [2.24, 2.45) is 0 Å². The van der Waals surface area contributed by atoms with Crippen LogP contribution in [0.3, 0.4) is 0 Å². The maximum Gasteiger partial charge on any atom is 0.416 e. The molecule has 0 aliphatic rings. The summed E-state index contributed by atoms with van der Waals surface area (Å²) < 4.78 is 44.2. The van der Waals surface area contributed by atoms with Crippen LogP contribution < -0.4 is 10.6 Å². The molecule has 0 bridgehead atoms. The van der Waals surface area contributed by atoms with Crippen LogP contribution in [0.15, 0.2) is 77.4 Å². The topological polar surface area (TPSA) is 74.6 Å². The van der Waals surface area contributed by atoms with Gasteiger partial charge in [-0.3, -0.25) is 4.79 Å². The molecule has 3 aromatic rings. The first-order valence-electron chi connectivity index (χ1n) is 10.3. The van der Waals surface area contributed by atoms with Crippen LogP contribution >= 0.6 is 0 Å². The molecule has 3 rings (SSSR count). The number of hydrogen-bond donors (Lipinski definition) is 2. The Kier molecular flexibility index (Phi) is 7.76. The van der Waals surface area contributed by atoms with Crippen LogP contribution in [0, 0.1) is 0 Å². The molecule has 9 heteroatoms. The van der Waals surface area contributed by atoms with E-state index in [2.05, 4.69) is 10.6 Å². The maximum absolute atomic E-state index is 13.0. The zero-order chi connectivity index (χ0) is 23.8. The first-order valence-corrected chi connectivity index (χ1v) is 10.3. The third-order valence-electron chi connectivity index (χ3n) is 4.94. The number of rotatable bonds is 8. The maximum atomic E-state index is 13.0. The highest BCUT2D eigenvalue weighted by Crippen LogP contribution is 2.30. The fraction of sp³-hybridized carbons (Fsp3) is 0.250. The van der Waals surface area contributed by atoms with Crippen LogP contribution in [-0.4, -0.2) is 23.4 Å². The van der Waals surface area contributed by atoms with Gasteiger partial charge in [0.15, 0.2) is 0 Å². The Balaban J connectivity index is 1.64. The van der Waals surface area contributed by atoms with E-state index in [0.717, 1.165) is 17.7 Å². The van der Waals surface area contributed by atoms with Gasteiger partial charge in [0.1, 0.15) is 5.76 Å². The minimum atomic E-state index is -4.53. The molecule has 3 amide bonds. The minimum Gasteiger partial charge on any atom is -0.467 e. The summed E-state index contributed by atoms with van der Waals surface area (Å²) in [5.74, 6) is 0.218. The second kappa shape index (κ2) is 10.7. The quantitative estimate of drug-likeness (QED) is 0.461. The van der Waals surface area contributed by atoms with E-state index in [1.807, 2.05) is 37.3 Å². The molecule has 0 spiro atoms. The van der Waals surface area contributed by atoms with Crippen molar-refractivity contribution in [3.8, 4) is 0 Å². The van der Waals surface area contributed by atoms with Crippen molar-refractivity contribution >= 4 is 17.6 Å². The predicted molar refractivity (Wildman–Crippen MR) is 117 cm³/mol. The van der Waals surface area contributed by atoms with E-state index in [9.17, 15) is 22.8 Å². The van der Waals surface area contributed by atoms with E-state index in [4.69, 9.17) is 4.42 Å². The minimum absolute atomic E-state index is 0.00132. The highest BCUT2D eigenvalue weighted by atomic mass is 19.4. The molecule has 1 atom stereocenters. The standard InChI is InChI=1S/C24H24F3N3O3/c1-17(18-7-3-2-4-8-18)28-22(31)12-13-30(16-21-11-6-14-33-21)23(32)29-20-10-5-9-19(15-20)24(25,26)27/h2-11,14-15,17H,12-13,16H2,1H3,(H,28,31)(H,29,32). The van der Waals surface area contributed by atoms with E-state index >= 15 is 0 Å². The highest BCUT2D eigenvalue weighted by Gasteiger charge is 2.30. The third kappa shape index (κ3) is 7.13. The smallest absolute Gasteiger partial charge is 0.416 e. The number of carbonyl (C=O) groups is 2. The summed E-state index contributed by atoms with van der Waals surface area (Å²) in [6.07, 6.45) is -3.07. The molecular weight excluding hydrogens is 435 g/mol. The Hall–Kier alpha value is -3.75. The number of anilines is 1. The van der Waals surface area contributed by atoms with Crippen molar-refractivity contribution in [1.29, 1.82) is 0 Å². The Morgan fingerprint density at radius 1 is 1.03 bits per heavy atom. The van der Waals surface area contributed by atoms with Gasteiger partial charge in [-0.2, -0.15) is 13.2 Å². The van der Waals surface area contributed by atoms with E-state index < -0.39 is 17.8 Å². The first-order chi connectivity index (χ1) is 15.7. The number of benzene rings is 2. The molecular formula is C24H24F3N3O3.